The zero-order chi connectivity index (χ0) is 20.8. The fourth-order valence-electron chi connectivity index (χ4n) is 2.87. The molecule has 1 amide bonds. The Kier molecular flexibility index (Phi) is 6.77. The van der Waals surface area contributed by atoms with Crippen LogP contribution in [-0.4, -0.2) is 47.9 Å². The van der Waals surface area contributed by atoms with Gasteiger partial charge in [0.05, 0.1) is 13.7 Å². The van der Waals surface area contributed by atoms with E-state index in [0.717, 1.165) is 17.0 Å². The van der Waals surface area contributed by atoms with Crippen molar-refractivity contribution in [2.75, 3.05) is 27.3 Å². The Labute approximate surface area is 175 Å². The van der Waals surface area contributed by atoms with E-state index in [2.05, 4.69) is 5.10 Å². The van der Waals surface area contributed by atoms with Crippen LogP contribution in [-0.2, 0) is 0 Å². The van der Waals surface area contributed by atoms with Gasteiger partial charge in [-0.3, -0.25) is 4.79 Å². The number of carbonyl (C=O) groups excluding carboxylic acids is 1. The average Bonchev–Trinajstić information content (AvgIpc) is 3.21. The lowest BCUT2D eigenvalue weighted by Gasteiger charge is -2.16. The minimum atomic E-state index is -0.137. The molecule has 0 unspecified atom stereocenters. The van der Waals surface area contributed by atoms with Crippen LogP contribution in [0.25, 0.3) is 5.69 Å². The molecular weight excluding hydrogens is 390 g/mol. The van der Waals surface area contributed by atoms with Crippen LogP contribution in [0, 0.1) is 6.92 Å². The predicted octanol–water partition coefficient (Wildman–Crippen LogP) is 4.38. The monoisotopic (exact) mass is 413 g/mol. The maximum absolute atomic E-state index is 12.7. The molecule has 1 aromatic heterocycles. The van der Waals surface area contributed by atoms with Gasteiger partial charge in [-0.2, -0.15) is 5.10 Å². The van der Waals surface area contributed by atoms with Crippen LogP contribution in [0.15, 0.2) is 54.7 Å². The summed E-state index contributed by atoms with van der Waals surface area (Å²) in [7, 11) is 3.38. The Morgan fingerprint density at radius 2 is 1.93 bits per heavy atom. The van der Waals surface area contributed by atoms with E-state index in [0.29, 0.717) is 36.0 Å². The summed E-state index contributed by atoms with van der Waals surface area (Å²) in [6, 6.07) is 14.8. The second-order valence-electron chi connectivity index (χ2n) is 6.70. The molecule has 6 nitrogen and oxygen atoms in total. The van der Waals surface area contributed by atoms with Crippen LogP contribution in [0.5, 0.6) is 11.5 Å². The van der Waals surface area contributed by atoms with Gasteiger partial charge in [0.2, 0.25) is 0 Å². The number of hydrogen-bond donors (Lipinski definition) is 0. The van der Waals surface area contributed by atoms with E-state index < -0.39 is 0 Å². The summed E-state index contributed by atoms with van der Waals surface area (Å²) in [6.45, 7) is 3.07. The summed E-state index contributed by atoms with van der Waals surface area (Å²) in [6.07, 6.45) is 2.47. The molecule has 0 radical (unpaired) electrons. The molecule has 0 atom stereocenters. The smallest absolute Gasteiger partial charge is 0.274 e. The van der Waals surface area contributed by atoms with Crippen molar-refractivity contribution in [1.29, 1.82) is 0 Å². The van der Waals surface area contributed by atoms with Crippen LogP contribution in [0.1, 0.15) is 22.5 Å². The molecule has 0 aliphatic heterocycles. The minimum absolute atomic E-state index is 0.137. The SMILES string of the molecule is COc1ccc(C)cc1-n1ccc(C(=O)N(C)CCCOc2ccc(Cl)cc2)n1. The Morgan fingerprint density at radius 1 is 1.17 bits per heavy atom. The number of aromatic nitrogens is 2. The maximum atomic E-state index is 12.7. The number of rotatable bonds is 8. The van der Waals surface area contributed by atoms with Crippen molar-refractivity contribution in [3.05, 3.63) is 71.0 Å². The molecule has 0 fully saturated rings. The molecule has 0 saturated carbocycles. The first-order valence-corrected chi connectivity index (χ1v) is 9.70. The van der Waals surface area contributed by atoms with E-state index in [-0.39, 0.29) is 5.91 Å². The predicted molar refractivity (Wildman–Crippen MR) is 113 cm³/mol. The highest BCUT2D eigenvalue weighted by Gasteiger charge is 2.16. The number of benzene rings is 2. The first-order valence-electron chi connectivity index (χ1n) is 9.32. The summed E-state index contributed by atoms with van der Waals surface area (Å²) in [4.78, 5) is 14.3. The first-order chi connectivity index (χ1) is 14.0. The van der Waals surface area contributed by atoms with E-state index in [1.165, 1.54) is 0 Å². The van der Waals surface area contributed by atoms with Crippen molar-refractivity contribution in [3.63, 3.8) is 0 Å². The van der Waals surface area contributed by atoms with Crippen LogP contribution < -0.4 is 9.47 Å². The molecule has 0 aliphatic carbocycles. The third kappa shape index (κ3) is 5.29. The molecule has 0 bridgehead atoms. The molecule has 152 valence electrons. The van der Waals surface area contributed by atoms with Crippen molar-refractivity contribution < 1.29 is 14.3 Å². The summed E-state index contributed by atoms with van der Waals surface area (Å²) in [5.74, 6) is 1.32. The lowest BCUT2D eigenvalue weighted by atomic mass is 10.2. The Balaban J connectivity index is 1.56. The van der Waals surface area contributed by atoms with Gasteiger partial charge in [0.15, 0.2) is 5.69 Å². The second-order valence-corrected chi connectivity index (χ2v) is 7.14. The van der Waals surface area contributed by atoms with Gasteiger partial charge in [0.1, 0.15) is 17.2 Å². The van der Waals surface area contributed by atoms with Crippen LogP contribution in [0.3, 0.4) is 0 Å². The lowest BCUT2D eigenvalue weighted by Crippen LogP contribution is -2.29. The number of ether oxygens (including phenoxy) is 2. The van der Waals surface area contributed by atoms with Crippen molar-refractivity contribution in [1.82, 2.24) is 14.7 Å². The number of methoxy groups -OCH3 is 1. The summed E-state index contributed by atoms with van der Waals surface area (Å²) in [5.41, 5.74) is 2.27. The van der Waals surface area contributed by atoms with Gasteiger partial charge >= 0.3 is 0 Å². The van der Waals surface area contributed by atoms with Crippen molar-refractivity contribution >= 4 is 17.5 Å². The van der Waals surface area contributed by atoms with E-state index >= 15 is 0 Å². The zero-order valence-corrected chi connectivity index (χ0v) is 17.5. The molecule has 0 N–H and O–H groups in total. The van der Waals surface area contributed by atoms with Gasteiger partial charge in [-0.05, 0) is 61.4 Å². The average molecular weight is 414 g/mol. The van der Waals surface area contributed by atoms with Gasteiger partial charge in [-0.25, -0.2) is 4.68 Å². The molecule has 2 aromatic carbocycles. The quantitative estimate of drug-likeness (QED) is 0.514. The molecule has 3 aromatic rings. The molecule has 7 heteroatoms. The van der Waals surface area contributed by atoms with E-state index in [1.54, 1.807) is 48.1 Å². The molecule has 3 rings (SSSR count). The highest BCUT2D eigenvalue weighted by atomic mass is 35.5. The molecule has 0 spiro atoms. The number of halogens is 1. The number of hydrogen-bond acceptors (Lipinski definition) is 4. The van der Waals surface area contributed by atoms with E-state index in [4.69, 9.17) is 21.1 Å². The highest BCUT2D eigenvalue weighted by Crippen LogP contribution is 2.23. The normalized spacial score (nSPS) is 10.6. The molecule has 29 heavy (non-hydrogen) atoms. The maximum Gasteiger partial charge on any atom is 0.274 e. The van der Waals surface area contributed by atoms with Crippen molar-refractivity contribution in [2.24, 2.45) is 0 Å². The molecule has 0 aliphatic rings. The van der Waals surface area contributed by atoms with Gasteiger partial charge in [-0.15, -0.1) is 0 Å². The van der Waals surface area contributed by atoms with Crippen LogP contribution in [0.4, 0.5) is 0 Å². The summed E-state index contributed by atoms with van der Waals surface area (Å²) < 4.78 is 12.7. The number of nitrogens with zero attached hydrogens (tertiary/aromatic N) is 3. The highest BCUT2D eigenvalue weighted by molar-refractivity contribution is 6.30. The van der Waals surface area contributed by atoms with Crippen LogP contribution >= 0.6 is 11.6 Å². The number of carbonyl (C=O) groups is 1. The lowest BCUT2D eigenvalue weighted by molar-refractivity contribution is 0.0781. The minimum Gasteiger partial charge on any atom is -0.494 e. The zero-order valence-electron chi connectivity index (χ0n) is 16.8. The van der Waals surface area contributed by atoms with Crippen molar-refractivity contribution in [3.8, 4) is 17.2 Å². The van der Waals surface area contributed by atoms with Crippen LogP contribution in [0.2, 0.25) is 5.02 Å². The van der Waals surface area contributed by atoms with E-state index in [1.807, 2.05) is 37.3 Å². The standard InChI is InChI=1S/C22H24ClN3O3/c1-16-5-10-21(28-3)20(15-16)26-13-11-19(24-26)22(27)25(2)12-4-14-29-18-8-6-17(23)7-9-18/h5-11,13,15H,4,12,14H2,1-3H3. The van der Waals surface area contributed by atoms with Crippen molar-refractivity contribution in [2.45, 2.75) is 13.3 Å². The molecule has 1 heterocycles. The fraction of sp³-hybridized carbons (Fsp3) is 0.273. The first kappa shape index (κ1) is 20.7. The molecular formula is C22H24ClN3O3. The number of aryl methyl sites for hydroxylation is 1. The fourth-order valence-corrected chi connectivity index (χ4v) is 3.00. The largest absolute Gasteiger partial charge is 0.494 e. The Hall–Kier alpha value is -2.99. The second kappa shape index (κ2) is 9.47. The Bertz CT molecular complexity index is 970. The van der Waals surface area contributed by atoms with Gasteiger partial charge in [-0.1, -0.05) is 17.7 Å². The number of amides is 1. The summed E-state index contributed by atoms with van der Waals surface area (Å²) >= 11 is 5.86. The Morgan fingerprint density at radius 3 is 2.66 bits per heavy atom. The third-order valence-corrected chi connectivity index (χ3v) is 4.71. The topological polar surface area (TPSA) is 56.6 Å². The van der Waals surface area contributed by atoms with Gasteiger partial charge < -0.3 is 14.4 Å². The van der Waals surface area contributed by atoms with E-state index in [9.17, 15) is 4.79 Å². The molecule has 0 saturated heterocycles. The van der Waals surface area contributed by atoms with Gasteiger partial charge in [0.25, 0.3) is 5.91 Å². The summed E-state index contributed by atoms with van der Waals surface area (Å²) in [5, 5.41) is 5.11. The van der Waals surface area contributed by atoms with Gasteiger partial charge in [0, 0.05) is 24.8 Å². The third-order valence-electron chi connectivity index (χ3n) is 4.46.